The van der Waals surface area contributed by atoms with Gasteiger partial charge in [0, 0.05) is 10.7 Å². The van der Waals surface area contributed by atoms with Gasteiger partial charge in [0.1, 0.15) is 33.7 Å². The van der Waals surface area contributed by atoms with Crippen LogP contribution in [-0.4, -0.2) is 21.1 Å². The molecule has 124 valence electrons. The van der Waals surface area contributed by atoms with Crippen molar-refractivity contribution in [1.82, 2.24) is 14.5 Å². The smallest absolute Gasteiger partial charge is 0.275 e. The van der Waals surface area contributed by atoms with E-state index in [0.717, 1.165) is 20.4 Å². The Kier molecular flexibility index (Phi) is 4.10. The zero-order valence-electron chi connectivity index (χ0n) is 13.0. The van der Waals surface area contributed by atoms with Crippen LogP contribution in [0, 0.1) is 0 Å². The van der Waals surface area contributed by atoms with E-state index in [4.69, 9.17) is 4.74 Å². The van der Waals surface area contributed by atoms with Crippen molar-refractivity contribution in [2.24, 2.45) is 0 Å². The molecule has 0 fully saturated rings. The SMILES string of the molecule is C=CCOc1ccnc2sc3c(=O)n(-c4ccc(Br)cc4)cnc3c12. The molecule has 4 rings (SSSR count). The Morgan fingerprint density at radius 1 is 1.24 bits per heavy atom. The summed E-state index contributed by atoms with van der Waals surface area (Å²) in [4.78, 5) is 22.6. The van der Waals surface area contributed by atoms with Crippen LogP contribution in [0.2, 0.25) is 0 Å². The molecule has 0 saturated heterocycles. The van der Waals surface area contributed by atoms with Gasteiger partial charge in [0.15, 0.2) is 0 Å². The molecule has 7 heteroatoms. The molecule has 0 radical (unpaired) electrons. The van der Waals surface area contributed by atoms with Crippen LogP contribution in [0.4, 0.5) is 0 Å². The second kappa shape index (κ2) is 6.42. The summed E-state index contributed by atoms with van der Waals surface area (Å²) in [6, 6.07) is 9.28. The summed E-state index contributed by atoms with van der Waals surface area (Å²) >= 11 is 4.72. The van der Waals surface area contributed by atoms with Crippen LogP contribution < -0.4 is 10.3 Å². The van der Waals surface area contributed by atoms with Gasteiger partial charge in [0.05, 0.1) is 11.1 Å². The first-order valence-electron chi connectivity index (χ1n) is 7.47. The fourth-order valence-electron chi connectivity index (χ4n) is 2.58. The molecule has 3 heterocycles. The van der Waals surface area contributed by atoms with Crippen LogP contribution in [0.5, 0.6) is 5.75 Å². The highest BCUT2D eigenvalue weighted by Gasteiger charge is 2.16. The number of aromatic nitrogens is 3. The molecule has 0 atom stereocenters. The predicted octanol–water partition coefficient (Wildman–Crippen LogP) is 4.32. The van der Waals surface area contributed by atoms with Crippen molar-refractivity contribution in [3.8, 4) is 11.4 Å². The first-order valence-corrected chi connectivity index (χ1v) is 9.08. The maximum absolute atomic E-state index is 12.9. The van der Waals surface area contributed by atoms with Crippen LogP contribution in [0.1, 0.15) is 0 Å². The summed E-state index contributed by atoms with van der Waals surface area (Å²) in [6.07, 6.45) is 4.89. The van der Waals surface area contributed by atoms with Gasteiger partial charge in [-0.2, -0.15) is 0 Å². The molecule has 0 spiro atoms. The molecule has 0 aliphatic carbocycles. The zero-order chi connectivity index (χ0) is 17.4. The van der Waals surface area contributed by atoms with E-state index in [1.54, 1.807) is 24.7 Å². The minimum absolute atomic E-state index is 0.120. The summed E-state index contributed by atoms with van der Waals surface area (Å²) in [6.45, 7) is 4.04. The number of benzene rings is 1. The molecule has 0 unspecified atom stereocenters. The number of nitrogens with zero attached hydrogens (tertiary/aromatic N) is 3. The number of ether oxygens (including phenoxy) is 1. The summed E-state index contributed by atoms with van der Waals surface area (Å²) in [5.41, 5.74) is 1.26. The lowest BCUT2D eigenvalue weighted by Crippen LogP contribution is -2.17. The molecule has 5 nitrogen and oxygen atoms in total. The molecule has 0 aliphatic rings. The monoisotopic (exact) mass is 413 g/mol. The van der Waals surface area contributed by atoms with Gasteiger partial charge in [-0.1, -0.05) is 28.6 Å². The molecule has 0 bridgehead atoms. The third-order valence-electron chi connectivity index (χ3n) is 3.71. The number of halogens is 1. The Balaban J connectivity index is 1.96. The molecule has 0 N–H and O–H groups in total. The molecular weight excluding hydrogens is 402 g/mol. The lowest BCUT2D eigenvalue weighted by atomic mass is 10.2. The van der Waals surface area contributed by atoms with Crippen LogP contribution in [0.25, 0.3) is 26.1 Å². The van der Waals surface area contributed by atoms with Gasteiger partial charge in [-0.05, 0) is 30.3 Å². The van der Waals surface area contributed by atoms with E-state index < -0.39 is 0 Å². The van der Waals surface area contributed by atoms with E-state index in [1.807, 2.05) is 24.3 Å². The van der Waals surface area contributed by atoms with Crippen molar-refractivity contribution in [2.75, 3.05) is 6.61 Å². The third kappa shape index (κ3) is 2.75. The van der Waals surface area contributed by atoms with Gasteiger partial charge < -0.3 is 4.74 Å². The van der Waals surface area contributed by atoms with E-state index in [9.17, 15) is 4.79 Å². The Morgan fingerprint density at radius 3 is 2.80 bits per heavy atom. The van der Waals surface area contributed by atoms with Crippen LogP contribution in [0.3, 0.4) is 0 Å². The van der Waals surface area contributed by atoms with Crippen LogP contribution >= 0.6 is 27.3 Å². The number of fused-ring (bicyclic) bond motifs is 3. The molecule has 25 heavy (non-hydrogen) atoms. The molecular formula is C18H12BrN3O2S. The normalized spacial score (nSPS) is 11.1. The van der Waals surface area contributed by atoms with E-state index in [2.05, 4.69) is 32.5 Å². The van der Waals surface area contributed by atoms with Gasteiger partial charge >= 0.3 is 0 Å². The van der Waals surface area contributed by atoms with E-state index >= 15 is 0 Å². The lowest BCUT2D eigenvalue weighted by molar-refractivity contribution is 0.367. The van der Waals surface area contributed by atoms with Crippen molar-refractivity contribution in [1.29, 1.82) is 0 Å². The summed E-state index contributed by atoms with van der Waals surface area (Å²) < 4.78 is 8.74. The summed E-state index contributed by atoms with van der Waals surface area (Å²) in [7, 11) is 0. The van der Waals surface area contributed by atoms with Crippen molar-refractivity contribution in [2.45, 2.75) is 0 Å². The first kappa shape index (κ1) is 16.0. The second-order valence-corrected chi connectivity index (χ2v) is 7.18. The Hall–Kier alpha value is -2.51. The van der Waals surface area contributed by atoms with Crippen LogP contribution in [-0.2, 0) is 0 Å². The largest absolute Gasteiger partial charge is 0.489 e. The van der Waals surface area contributed by atoms with E-state index in [1.165, 1.54) is 15.9 Å². The zero-order valence-corrected chi connectivity index (χ0v) is 15.4. The second-order valence-electron chi connectivity index (χ2n) is 5.26. The summed E-state index contributed by atoms with van der Waals surface area (Å²) in [5, 5.41) is 0.768. The number of hydrogen-bond donors (Lipinski definition) is 0. The molecule has 0 saturated carbocycles. The van der Waals surface area contributed by atoms with E-state index in [0.29, 0.717) is 22.6 Å². The molecule has 0 aliphatic heterocycles. The summed E-state index contributed by atoms with van der Waals surface area (Å²) in [5.74, 6) is 0.657. The first-order chi connectivity index (χ1) is 12.2. The highest BCUT2D eigenvalue weighted by molar-refractivity contribution is 9.10. The quantitative estimate of drug-likeness (QED) is 0.467. The van der Waals surface area contributed by atoms with Crippen molar-refractivity contribution < 1.29 is 4.74 Å². The van der Waals surface area contributed by atoms with Crippen LogP contribution in [0.15, 0.2) is 64.8 Å². The number of rotatable bonds is 4. The molecule has 4 aromatic rings. The molecule has 0 amide bonds. The van der Waals surface area contributed by atoms with E-state index in [-0.39, 0.29) is 5.56 Å². The van der Waals surface area contributed by atoms with Gasteiger partial charge in [-0.25, -0.2) is 9.97 Å². The van der Waals surface area contributed by atoms with Crippen molar-refractivity contribution in [3.63, 3.8) is 0 Å². The third-order valence-corrected chi connectivity index (χ3v) is 5.31. The minimum Gasteiger partial charge on any atom is -0.489 e. The predicted molar refractivity (Wildman–Crippen MR) is 104 cm³/mol. The number of pyridine rings is 1. The van der Waals surface area contributed by atoms with Gasteiger partial charge in [-0.3, -0.25) is 9.36 Å². The topological polar surface area (TPSA) is 57.0 Å². The average molecular weight is 414 g/mol. The average Bonchev–Trinajstić information content (AvgIpc) is 3.01. The maximum Gasteiger partial charge on any atom is 0.275 e. The Morgan fingerprint density at radius 2 is 2.04 bits per heavy atom. The number of thiophene rings is 1. The fraction of sp³-hybridized carbons (Fsp3) is 0.0556. The van der Waals surface area contributed by atoms with Gasteiger partial charge in [0.25, 0.3) is 5.56 Å². The number of hydrogen-bond acceptors (Lipinski definition) is 5. The van der Waals surface area contributed by atoms with Crippen molar-refractivity contribution >= 4 is 47.7 Å². The van der Waals surface area contributed by atoms with Gasteiger partial charge in [-0.15, -0.1) is 11.3 Å². The highest BCUT2D eigenvalue weighted by atomic mass is 79.9. The fourth-order valence-corrected chi connectivity index (χ4v) is 3.89. The minimum atomic E-state index is -0.120. The standard InChI is InChI=1S/C18H12BrN3O2S/c1-2-9-24-13-7-8-20-17-14(13)15-16(25-17)18(23)22(10-21-15)12-5-3-11(19)4-6-12/h2-8,10H,1,9H2. The Bertz CT molecular complexity index is 1150. The Labute approximate surface area is 155 Å². The maximum atomic E-state index is 12.9. The molecule has 3 aromatic heterocycles. The molecule has 1 aromatic carbocycles. The lowest BCUT2D eigenvalue weighted by Gasteiger charge is -2.06. The van der Waals surface area contributed by atoms with Gasteiger partial charge in [0.2, 0.25) is 0 Å². The highest BCUT2D eigenvalue weighted by Crippen LogP contribution is 2.35. The van der Waals surface area contributed by atoms with Crippen molar-refractivity contribution in [3.05, 3.63) is 70.3 Å².